The van der Waals surface area contributed by atoms with E-state index in [0.29, 0.717) is 22.5 Å². The van der Waals surface area contributed by atoms with Crippen molar-refractivity contribution in [2.75, 3.05) is 11.1 Å². The van der Waals surface area contributed by atoms with Crippen LogP contribution in [-0.2, 0) is 0 Å². The van der Waals surface area contributed by atoms with E-state index in [-0.39, 0.29) is 0 Å². The third-order valence-electron chi connectivity index (χ3n) is 3.73. The fourth-order valence-electron chi connectivity index (χ4n) is 2.55. The van der Waals surface area contributed by atoms with Gasteiger partial charge in [0.05, 0.1) is 0 Å². The monoisotopic (exact) mass is 427 g/mol. The summed E-state index contributed by atoms with van der Waals surface area (Å²) in [6.07, 6.45) is 4.86. The van der Waals surface area contributed by atoms with Crippen molar-refractivity contribution in [1.82, 2.24) is 20.2 Å². The first-order valence-corrected chi connectivity index (χ1v) is 9.64. The average Bonchev–Trinajstić information content (AvgIpc) is 2.83. The molecule has 0 saturated carbocycles. The van der Waals surface area contributed by atoms with Crippen molar-refractivity contribution in [3.05, 3.63) is 65.4 Å². The van der Waals surface area contributed by atoms with Gasteiger partial charge in [-0.1, -0.05) is 33.8 Å². The van der Waals surface area contributed by atoms with Gasteiger partial charge in [0.2, 0.25) is 11.0 Å². The highest BCUT2D eigenvalue weighted by atomic mass is 79.9. The lowest BCUT2D eigenvalue weighted by Crippen LogP contribution is -2.17. The molecule has 4 rings (SSSR count). The smallest absolute Gasteiger partial charge is 0.247 e. The number of thioether (sulfide) groups is 1. The third kappa shape index (κ3) is 3.42. The van der Waals surface area contributed by atoms with Crippen LogP contribution in [-0.4, -0.2) is 25.9 Å². The summed E-state index contributed by atoms with van der Waals surface area (Å²) in [6.45, 7) is 3.72. The van der Waals surface area contributed by atoms with Crippen molar-refractivity contribution in [2.24, 2.45) is 0 Å². The molecule has 1 atom stereocenters. The number of ether oxygens (including phenoxy) is 1. The standard InChI is InChI=1S/C18H14BrN5OS/c1-2-9-26-18-22-17-15(23-24-18)13-10-12(19)3-4-14(13)21-16(25-17)11-5-7-20-8-6-11/h2-8,10,16,21H,1,9H2/t16-/m1/s1. The molecule has 0 aliphatic carbocycles. The molecule has 0 amide bonds. The van der Waals surface area contributed by atoms with Crippen molar-refractivity contribution in [1.29, 1.82) is 0 Å². The molecule has 1 aliphatic heterocycles. The molecule has 0 unspecified atom stereocenters. The Kier molecular flexibility index (Phi) is 4.85. The van der Waals surface area contributed by atoms with E-state index >= 15 is 0 Å². The van der Waals surface area contributed by atoms with E-state index in [1.54, 1.807) is 18.5 Å². The van der Waals surface area contributed by atoms with Gasteiger partial charge < -0.3 is 10.1 Å². The first-order chi connectivity index (χ1) is 12.7. The van der Waals surface area contributed by atoms with Gasteiger partial charge in [-0.15, -0.1) is 16.8 Å². The Bertz CT molecular complexity index is 954. The molecule has 6 nitrogen and oxygen atoms in total. The number of pyridine rings is 1. The van der Waals surface area contributed by atoms with E-state index < -0.39 is 6.23 Å². The van der Waals surface area contributed by atoms with E-state index in [1.807, 2.05) is 30.3 Å². The minimum atomic E-state index is -0.409. The molecule has 0 bridgehead atoms. The first-order valence-electron chi connectivity index (χ1n) is 7.86. The van der Waals surface area contributed by atoms with Crippen molar-refractivity contribution >= 4 is 33.4 Å². The zero-order valence-electron chi connectivity index (χ0n) is 13.6. The number of hydrogen-bond acceptors (Lipinski definition) is 7. The molecule has 8 heteroatoms. The molecular weight excluding hydrogens is 414 g/mol. The zero-order valence-corrected chi connectivity index (χ0v) is 16.0. The molecule has 3 heterocycles. The minimum absolute atomic E-state index is 0.409. The van der Waals surface area contributed by atoms with Crippen LogP contribution in [0.5, 0.6) is 5.88 Å². The summed E-state index contributed by atoms with van der Waals surface area (Å²) < 4.78 is 7.12. The van der Waals surface area contributed by atoms with E-state index in [1.165, 1.54) is 11.8 Å². The van der Waals surface area contributed by atoms with E-state index in [4.69, 9.17) is 4.74 Å². The maximum atomic E-state index is 6.18. The Morgan fingerprint density at radius 1 is 1.23 bits per heavy atom. The molecule has 26 heavy (non-hydrogen) atoms. The predicted molar refractivity (Wildman–Crippen MR) is 105 cm³/mol. The summed E-state index contributed by atoms with van der Waals surface area (Å²) in [5.41, 5.74) is 3.33. The van der Waals surface area contributed by atoms with Crippen molar-refractivity contribution in [2.45, 2.75) is 11.4 Å². The first kappa shape index (κ1) is 17.0. The van der Waals surface area contributed by atoms with Gasteiger partial charge in [-0.2, -0.15) is 4.98 Å². The summed E-state index contributed by atoms with van der Waals surface area (Å²) in [6, 6.07) is 9.74. The quantitative estimate of drug-likeness (QED) is 0.485. The van der Waals surface area contributed by atoms with Gasteiger partial charge in [0.25, 0.3) is 0 Å². The van der Waals surface area contributed by atoms with Crippen LogP contribution >= 0.6 is 27.7 Å². The van der Waals surface area contributed by atoms with Crippen LogP contribution in [0.15, 0.2) is 65.0 Å². The maximum Gasteiger partial charge on any atom is 0.247 e. The van der Waals surface area contributed by atoms with Gasteiger partial charge in [0, 0.05) is 39.4 Å². The molecule has 0 fully saturated rings. The van der Waals surface area contributed by atoms with Crippen LogP contribution in [0, 0.1) is 0 Å². The Hall–Kier alpha value is -2.45. The summed E-state index contributed by atoms with van der Waals surface area (Å²) in [4.78, 5) is 8.63. The molecule has 0 saturated heterocycles. The van der Waals surface area contributed by atoms with Gasteiger partial charge in [0.15, 0.2) is 11.9 Å². The number of nitrogens with zero attached hydrogens (tertiary/aromatic N) is 4. The second-order valence-corrected chi connectivity index (χ2v) is 7.36. The maximum absolute atomic E-state index is 6.18. The van der Waals surface area contributed by atoms with Gasteiger partial charge in [-0.3, -0.25) is 4.98 Å². The Labute approximate surface area is 163 Å². The number of nitrogens with one attached hydrogen (secondary N) is 1. The van der Waals surface area contributed by atoms with E-state index in [2.05, 4.69) is 48.0 Å². The highest BCUT2D eigenvalue weighted by Gasteiger charge is 2.26. The van der Waals surface area contributed by atoms with Crippen LogP contribution < -0.4 is 10.1 Å². The third-order valence-corrected chi connectivity index (χ3v) is 5.05. The molecule has 1 N–H and O–H groups in total. The molecule has 130 valence electrons. The lowest BCUT2D eigenvalue weighted by molar-refractivity contribution is 0.225. The molecule has 0 spiro atoms. The van der Waals surface area contributed by atoms with E-state index in [0.717, 1.165) is 21.3 Å². The number of halogens is 1. The Morgan fingerprint density at radius 3 is 2.88 bits per heavy atom. The predicted octanol–water partition coefficient (Wildman–Crippen LogP) is 4.48. The molecular formula is C18H14BrN5OS. The largest absolute Gasteiger partial charge is 0.448 e. The van der Waals surface area contributed by atoms with Gasteiger partial charge in [-0.05, 0) is 30.3 Å². The van der Waals surface area contributed by atoms with E-state index in [9.17, 15) is 0 Å². The lowest BCUT2D eigenvalue weighted by atomic mass is 10.1. The molecule has 2 aromatic heterocycles. The molecule has 0 radical (unpaired) electrons. The Morgan fingerprint density at radius 2 is 2.08 bits per heavy atom. The number of aromatic nitrogens is 4. The van der Waals surface area contributed by atoms with Crippen LogP contribution in [0.1, 0.15) is 11.8 Å². The van der Waals surface area contributed by atoms with Crippen molar-refractivity contribution in [3.8, 4) is 17.1 Å². The van der Waals surface area contributed by atoms with Gasteiger partial charge in [-0.25, -0.2) is 0 Å². The molecule has 1 aliphatic rings. The second-order valence-electron chi connectivity index (χ2n) is 5.46. The SMILES string of the molecule is C=CCSc1nnc2c(n1)O[C@H](c1ccncc1)Nc1ccc(Br)cc1-2. The van der Waals surface area contributed by atoms with Crippen molar-refractivity contribution in [3.63, 3.8) is 0 Å². The normalized spacial score (nSPS) is 15.0. The summed E-state index contributed by atoms with van der Waals surface area (Å²) >= 11 is 4.97. The fourth-order valence-corrected chi connectivity index (χ4v) is 3.43. The highest BCUT2D eigenvalue weighted by Crippen LogP contribution is 2.40. The van der Waals surface area contributed by atoms with Crippen LogP contribution in [0.2, 0.25) is 0 Å². The van der Waals surface area contributed by atoms with Crippen LogP contribution in [0.4, 0.5) is 5.69 Å². The topological polar surface area (TPSA) is 72.8 Å². The summed E-state index contributed by atoms with van der Waals surface area (Å²) in [5, 5.41) is 12.6. The average molecular weight is 428 g/mol. The highest BCUT2D eigenvalue weighted by molar-refractivity contribution is 9.10. The van der Waals surface area contributed by atoms with Gasteiger partial charge >= 0.3 is 0 Å². The Balaban J connectivity index is 1.83. The number of anilines is 1. The second kappa shape index (κ2) is 7.43. The number of fused-ring (bicyclic) bond motifs is 3. The van der Waals surface area contributed by atoms with Crippen molar-refractivity contribution < 1.29 is 4.74 Å². The van der Waals surface area contributed by atoms with Crippen LogP contribution in [0.25, 0.3) is 11.3 Å². The summed E-state index contributed by atoms with van der Waals surface area (Å²) in [5.74, 6) is 1.15. The minimum Gasteiger partial charge on any atom is -0.448 e. The van der Waals surface area contributed by atoms with Gasteiger partial charge in [0.1, 0.15) is 0 Å². The van der Waals surface area contributed by atoms with Crippen LogP contribution in [0.3, 0.4) is 0 Å². The summed E-state index contributed by atoms with van der Waals surface area (Å²) in [7, 11) is 0. The number of benzene rings is 1. The number of rotatable bonds is 4. The molecule has 3 aromatic rings. The number of hydrogen-bond donors (Lipinski definition) is 1. The lowest BCUT2D eigenvalue weighted by Gasteiger charge is -2.19. The molecule has 1 aromatic carbocycles. The fraction of sp³-hybridized carbons (Fsp3) is 0.111. The zero-order chi connectivity index (χ0) is 17.9.